The molecular formula is C14H19Br2NO. The first-order valence-corrected chi connectivity index (χ1v) is 7.96. The predicted molar refractivity (Wildman–Crippen MR) is 83.3 cm³/mol. The van der Waals surface area contributed by atoms with Crippen molar-refractivity contribution in [1.29, 1.82) is 0 Å². The van der Waals surface area contributed by atoms with Gasteiger partial charge in [0, 0.05) is 21.9 Å². The van der Waals surface area contributed by atoms with Crippen LogP contribution in [-0.2, 0) is 0 Å². The van der Waals surface area contributed by atoms with Crippen molar-refractivity contribution in [3.05, 3.63) is 34.3 Å². The monoisotopic (exact) mass is 375 g/mol. The molecular weight excluding hydrogens is 358 g/mol. The van der Waals surface area contributed by atoms with E-state index in [0.717, 1.165) is 22.6 Å². The largest absolute Gasteiger partial charge is 0.352 e. The van der Waals surface area contributed by atoms with Gasteiger partial charge < -0.3 is 5.32 Å². The molecule has 1 amide bonds. The fourth-order valence-corrected chi connectivity index (χ4v) is 2.20. The SMILES string of the molecule is CC(C)(CCCBr)CNC(=O)c1ccc(Br)cc1. The van der Waals surface area contributed by atoms with Crippen molar-refractivity contribution in [1.82, 2.24) is 5.32 Å². The highest BCUT2D eigenvalue weighted by molar-refractivity contribution is 9.10. The van der Waals surface area contributed by atoms with E-state index >= 15 is 0 Å². The standard InChI is InChI=1S/C14H19Br2NO/c1-14(2,8-3-9-15)10-17-13(18)11-4-6-12(16)7-5-11/h4-7H,3,8-10H2,1-2H3,(H,17,18). The number of carbonyl (C=O) groups excluding carboxylic acids is 1. The van der Waals surface area contributed by atoms with E-state index in [9.17, 15) is 4.79 Å². The number of halogens is 2. The zero-order valence-electron chi connectivity index (χ0n) is 10.8. The minimum atomic E-state index is -0.00517. The summed E-state index contributed by atoms with van der Waals surface area (Å²) in [6, 6.07) is 7.41. The fourth-order valence-electron chi connectivity index (χ4n) is 1.66. The van der Waals surface area contributed by atoms with Gasteiger partial charge in [-0.2, -0.15) is 0 Å². The molecule has 4 heteroatoms. The molecule has 0 aliphatic rings. The molecule has 0 bridgehead atoms. The highest BCUT2D eigenvalue weighted by Crippen LogP contribution is 2.21. The summed E-state index contributed by atoms with van der Waals surface area (Å²) in [7, 11) is 0. The van der Waals surface area contributed by atoms with Gasteiger partial charge in [-0.25, -0.2) is 0 Å². The van der Waals surface area contributed by atoms with Gasteiger partial charge in [0.25, 0.3) is 5.91 Å². The van der Waals surface area contributed by atoms with Crippen LogP contribution < -0.4 is 5.32 Å². The van der Waals surface area contributed by atoms with E-state index in [2.05, 4.69) is 51.0 Å². The Labute approximate surface area is 126 Å². The molecule has 1 aromatic rings. The first-order chi connectivity index (χ1) is 8.44. The van der Waals surface area contributed by atoms with Crippen molar-refractivity contribution in [2.75, 3.05) is 11.9 Å². The first-order valence-electron chi connectivity index (χ1n) is 6.04. The highest BCUT2D eigenvalue weighted by Gasteiger charge is 2.18. The molecule has 1 rings (SSSR count). The van der Waals surface area contributed by atoms with Crippen molar-refractivity contribution >= 4 is 37.8 Å². The van der Waals surface area contributed by atoms with Crippen LogP contribution in [0.2, 0.25) is 0 Å². The molecule has 1 aromatic carbocycles. The number of nitrogens with one attached hydrogen (secondary N) is 1. The topological polar surface area (TPSA) is 29.1 Å². The minimum absolute atomic E-state index is 0.00517. The zero-order chi connectivity index (χ0) is 13.6. The molecule has 18 heavy (non-hydrogen) atoms. The maximum atomic E-state index is 11.9. The van der Waals surface area contributed by atoms with E-state index in [1.54, 1.807) is 0 Å². The second kappa shape index (κ2) is 7.29. The van der Waals surface area contributed by atoms with Gasteiger partial charge in [-0.05, 0) is 42.5 Å². The molecule has 1 N–H and O–H groups in total. The number of benzene rings is 1. The molecule has 0 fully saturated rings. The Balaban J connectivity index is 2.48. The molecule has 0 saturated heterocycles. The number of alkyl halides is 1. The number of amides is 1. The summed E-state index contributed by atoms with van der Waals surface area (Å²) in [5.41, 5.74) is 0.841. The maximum absolute atomic E-state index is 11.9. The Morgan fingerprint density at radius 3 is 2.44 bits per heavy atom. The smallest absolute Gasteiger partial charge is 0.251 e. The summed E-state index contributed by atoms with van der Waals surface area (Å²) >= 11 is 6.79. The molecule has 0 heterocycles. The van der Waals surface area contributed by atoms with Crippen molar-refractivity contribution in [3.63, 3.8) is 0 Å². The van der Waals surface area contributed by atoms with E-state index in [1.165, 1.54) is 0 Å². The third kappa shape index (κ3) is 5.53. The quantitative estimate of drug-likeness (QED) is 0.733. The lowest BCUT2D eigenvalue weighted by Gasteiger charge is -2.24. The van der Waals surface area contributed by atoms with Gasteiger partial charge >= 0.3 is 0 Å². The maximum Gasteiger partial charge on any atom is 0.251 e. The third-order valence-corrected chi connectivity index (χ3v) is 3.91. The fraction of sp³-hybridized carbons (Fsp3) is 0.500. The van der Waals surface area contributed by atoms with Crippen LogP contribution in [0.1, 0.15) is 37.0 Å². The minimum Gasteiger partial charge on any atom is -0.352 e. The molecule has 0 aliphatic heterocycles. The average molecular weight is 377 g/mol. The van der Waals surface area contributed by atoms with Crippen LogP contribution in [-0.4, -0.2) is 17.8 Å². The van der Waals surface area contributed by atoms with E-state index < -0.39 is 0 Å². The molecule has 0 aliphatic carbocycles. The summed E-state index contributed by atoms with van der Waals surface area (Å²) in [5.74, 6) is -0.00517. The lowest BCUT2D eigenvalue weighted by molar-refractivity contribution is 0.0934. The molecule has 2 nitrogen and oxygen atoms in total. The van der Waals surface area contributed by atoms with Gasteiger partial charge in [-0.3, -0.25) is 4.79 Å². The van der Waals surface area contributed by atoms with E-state index in [4.69, 9.17) is 0 Å². The molecule has 0 radical (unpaired) electrons. The van der Waals surface area contributed by atoms with E-state index in [-0.39, 0.29) is 11.3 Å². The molecule has 0 saturated carbocycles. The molecule has 0 aromatic heterocycles. The molecule has 0 unspecified atom stereocenters. The van der Waals surface area contributed by atoms with Gasteiger partial charge in [0.15, 0.2) is 0 Å². The second-order valence-electron chi connectivity index (χ2n) is 5.15. The van der Waals surface area contributed by atoms with Crippen LogP contribution in [0.3, 0.4) is 0 Å². The third-order valence-electron chi connectivity index (χ3n) is 2.82. The summed E-state index contributed by atoms with van der Waals surface area (Å²) in [5, 5.41) is 4.01. The zero-order valence-corrected chi connectivity index (χ0v) is 14.0. The number of hydrogen-bond acceptors (Lipinski definition) is 1. The number of rotatable bonds is 6. The molecule has 0 spiro atoms. The van der Waals surface area contributed by atoms with Crippen molar-refractivity contribution < 1.29 is 4.79 Å². The van der Waals surface area contributed by atoms with Crippen LogP contribution >= 0.6 is 31.9 Å². The van der Waals surface area contributed by atoms with Crippen LogP contribution in [0, 0.1) is 5.41 Å². The van der Waals surface area contributed by atoms with Crippen LogP contribution in [0.5, 0.6) is 0 Å². The van der Waals surface area contributed by atoms with E-state index in [0.29, 0.717) is 12.1 Å². The van der Waals surface area contributed by atoms with Gasteiger partial charge in [-0.15, -0.1) is 0 Å². The van der Waals surface area contributed by atoms with Gasteiger partial charge in [0.1, 0.15) is 0 Å². The summed E-state index contributed by atoms with van der Waals surface area (Å²) in [6.45, 7) is 5.06. The van der Waals surface area contributed by atoms with Gasteiger partial charge in [0.05, 0.1) is 0 Å². The second-order valence-corrected chi connectivity index (χ2v) is 6.85. The van der Waals surface area contributed by atoms with Crippen LogP contribution in [0.15, 0.2) is 28.7 Å². The average Bonchev–Trinajstić information content (AvgIpc) is 2.35. The Morgan fingerprint density at radius 2 is 1.89 bits per heavy atom. The molecule has 0 atom stereocenters. The lowest BCUT2D eigenvalue weighted by Crippen LogP contribution is -2.34. The van der Waals surface area contributed by atoms with Crippen LogP contribution in [0.4, 0.5) is 0 Å². The number of hydrogen-bond donors (Lipinski definition) is 1. The summed E-state index contributed by atoms with van der Waals surface area (Å²) < 4.78 is 0.983. The Bertz CT molecular complexity index is 387. The summed E-state index contributed by atoms with van der Waals surface area (Å²) in [4.78, 5) is 11.9. The highest BCUT2D eigenvalue weighted by atomic mass is 79.9. The number of carbonyl (C=O) groups is 1. The Hall–Kier alpha value is -0.350. The van der Waals surface area contributed by atoms with E-state index in [1.807, 2.05) is 24.3 Å². The Morgan fingerprint density at radius 1 is 1.28 bits per heavy atom. The van der Waals surface area contributed by atoms with Crippen molar-refractivity contribution in [3.8, 4) is 0 Å². The lowest BCUT2D eigenvalue weighted by atomic mass is 9.88. The summed E-state index contributed by atoms with van der Waals surface area (Å²) in [6.07, 6.45) is 2.22. The van der Waals surface area contributed by atoms with Gasteiger partial charge in [0.2, 0.25) is 0 Å². The molecule has 100 valence electrons. The van der Waals surface area contributed by atoms with Gasteiger partial charge in [-0.1, -0.05) is 45.7 Å². The van der Waals surface area contributed by atoms with Crippen molar-refractivity contribution in [2.45, 2.75) is 26.7 Å². The first kappa shape index (κ1) is 15.7. The van der Waals surface area contributed by atoms with Crippen molar-refractivity contribution in [2.24, 2.45) is 5.41 Å². The predicted octanol–water partition coefficient (Wildman–Crippen LogP) is 4.38. The normalized spacial score (nSPS) is 11.3. The van der Waals surface area contributed by atoms with Crippen LogP contribution in [0.25, 0.3) is 0 Å². The Kier molecular flexibility index (Phi) is 6.36.